The Balaban J connectivity index is 2.24. The zero-order valence-electron chi connectivity index (χ0n) is 11.4. The van der Waals surface area contributed by atoms with Gasteiger partial charge in [-0.2, -0.15) is 0 Å². The SMILES string of the molecule is C#Cc1ccc2ccn(S(=O)(=O)c3ccc(C)cc3)c2c1. The molecule has 1 heterocycles. The molecule has 21 heavy (non-hydrogen) atoms. The molecule has 0 aliphatic carbocycles. The molecule has 4 heteroatoms. The van der Waals surface area contributed by atoms with Gasteiger partial charge >= 0.3 is 0 Å². The first-order valence-electron chi connectivity index (χ1n) is 6.42. The molecule has 2 aromatic carbocycles. The van der Waals surface area contributed by atoms with Crippen LogP contribution in [0, 0.1) is 19.3 Å². The molecule has 3 rings (SSSR count). The van der Waals surface area contributed by atoms with Crippen LogP contribution >= 0.6 is 0 Å². The molecule has 104 valence electrons. The van der Waals surface area contributed by atoms with Gasteiger partial charge in [0.25, 0.3) is 10.0 Å². The summed E-state index contributed by atoms with van der Waals surface area (Å²) >= 11 is 0. The Hall–Kier alpha value is -2.51. The lowest BCUT2D eigenvalue weighted by atomic mass is 10.2. The highest BCUT2D eigenvalue weighted by molar-refractivity contribution is 7.90. The Morgan fingerprint density at radius 2 is 1.76 bits per heavy atom. The van der Waals surface area contributed by atoms with Gasteiger partial charge in [0.15, 0.2) is 0 Å². The van der Waals surface area contributed by atoms with E-state index in [1.54, 1.807) is 48.7 Å². The smallest absolute Gasteiger partial charge is 0.241 e. The van der Waals surface area contributed by atoms with Crippen LogP contribution in [0.1, 0.15) is 11.1 Å². The van der Waals surface area contributed by atoms with Crippen molar-refractivity contribution in [3.63, 3.8) is 0 Å². The molecule has 3 aromatic rings. The third-order valence-electron chi connectivity index (χ3n) is 3.40. The molecule has 0 amide bonds. The van der Waals surface area contributed by atoms with E-state index < -0.39 is 10.0 Å². The molecule has 0 spiro atoms. The fraction of sp³-hybridized carbons (Fsp3) is 0.0588. The van der Waals surface area contributed by atoms with E-state index in [4.69, 9.17) is 6.42 Å². The van der Waals surface area contributed by atoms with Crippen LogP contribution in [-0.2, 0) is 10.0 Å². The lowest BCUT2D eigenvalue weighted by Crippen LogP contribution is -2.11. The number of nitrogens with zero attached hydrogens (tertiary/aromatic N) is 1. The maximum atomic E-state index is 12.7. The summed E-state index contributed by atoms with van der Waals surface area (Å²) in [5.74, 6) is 2.53. The maximum absolute atomic E-state index is 12.7. The van der Waals surface area contributed by atoms with E-state index in [2.05, 4.69) is 5.92 Å². The molecule has 1 aromatic heterocycles. The van der Waals surface area contributed by atoms with Gasteiger partial charge in [-0.15, -0.1) is 6.42 Å². The van der Waals surface area contributed by atoms with Crippen LogP contribution in [0.2, 0.25) is 0 Å². The van der Waals surface area contributed by atoms with Crippen molar-refractivity contribution in [2.24, 2.45) is 0 Å². The zero-order valence-corrected chi connectivity index (χ0v) is 12.3. The molecule has 3 nitrogen and oxygen atoms in total. The highest BCUT2D eigenvalue weighted by atomic mass is 32.2. The molecule has 0 N–H and O–H groups in total. The monoisotopic (exact) mass is 295 g/mol. The first kappa shape index (κ1) is 13.5. The molecular weight excluding hydrogens is 282 g/mol. The number of aryl methyl sites for hydroxylation is 1. The summed E-state index contributed by atoms with van der Waals surface area (Å²) in [6.07, 6.45) is 6.94. The van der Waals surface area contributed by atoms with E-state index in [0.717, 1.165) is 10.9 Å². The fourth-order valence-corrected chi connectivity index (χ4v) is 3.57. The van der Waals surface area contributed by atoms with Gasteiger partial charge in [-0.25, -0.2) is 12.4 Å². The Labute approximate surface area is 123 Å². The minimum Gasteiger partial charge on any atom is -0.241 e. The van der Waals surface area contributed by atoms with Crippen LogP contribution in [0.5, 0.6) is 0 Å². The average molecular weight is 295 g/mol. The molecule has 0 aliphatic heterocycles. The van der Waals surface area contributed by atoms with Crippen molar-refractivity contribution in [3.05, 3.63) is 65.9 Å². The van der Waals surface area contributed by atoms with Crippen molar-refractivity contribution in [2.75, 3.05) is 0 Å². The zero-order chi connectivity index (χ0) is 15.0. The van der Waals surface area contributed by atoms with Crippen molar-refractivity contribution in [1.82, 2.24) is 3.97 Å². The van der Waals surface area contributed by atoms with Crippen LogP contribution in [0.3, 0.4) is 0 Å². The lowest BCUT2D eigenvalue weighted by Gasteiger charge is -2.08. The van der Waals surface area contributed by atoms with Gasteiger partial charge in [0.2, 0.25) is 0 Å². The number of terminal acetylenes is 1. The number of hydrogen-bond donors (Lipinski definition) is 0. The van der Waals surface area contributed by atoms with E-state index >= 15 is 0 Å². The first-order chi connectivity index (χ1) is 10.0. The third-order valence-corrected chi connectivity index (χ3v) is 5.11. The molecule has 0 fully saturated rings. The summed E-state index contributed by atoms with van der Waals surface area (Å²) in [5, 5.41) is 0.838. The van der Waals surface area contributed by atoms with Crippen molar-refractivity contribution < 1.29 is 8.42 Å². The van der Waals surface area contributed by atoms with E-state index in [9.17, 15) is 8.42 Å². The highest BCUT2D eigenvalue weighted by Gasteiger charge is 2.18. The molecule has 0 bridgehead atoms. The Kier molecular flexibility index (Phi) is 3.08. The fourth-order valence-electron chi connectivity index (χ4n) is 2.23. The van der Waals surface area contributed by atoms with Crippen molar-refractivity contribution >= 4 is 20.9 Å². The second kappa shape index (κ2) is 4.80. The highest BCUT2D eigenvalue weighted by Crippen LogP contribution is 2.23. The number of aromatic nitrogens is 1. The normalized spacial score (nSPS) is 11.4. The summed E-state index contributed by atoms with van der Waals surface area (Å²) in [6, 6.07) is 13.9. The molecular formula is C17H13NO2S. The Morgan fingerprint density at radius 3 is 2.43 bits per heavy atom. The van der Waals surface area contributed by atoms with Gasteiger partial charge in [0.1, 0.15) is 0 Å². The summed E-state index contributed by atoms with van der Waals surface area (Å²) in [7, 11) is -3.62. The Morgan fingerprint density at radius 1 is 1.05 bits per heavy atom. The summed E-state index contributed by atoms with van der Waals surface area (Å²) in [4.78, 5) is 0.261. The predicted molar refractivity (Wildman–Crippen MR) is 83.6 cm³/mol. The molecule has 0 aliphatic rings. The molecule has 0 atom stereocenters. The van der Waals surface area contributed by atoms with Crippen molar-refractivity contribution in [1.29, 1.82) is 0 Å². The van der Waals surface area contributed by atoms with Crippen LogP contribution < -0.4 is 0 Å². The molecule has 0 saturated heterocycles. The van der Waals surface area contributed by atoms with E-state index in [0.29, 0.717) is 11.1 Å². The van der Waals surface area contributed by atoms with Crippen LogP contribution in [-0.4, -0.2) is 12.4 Å². The van der Waals surface area contributed by atoms with E-state index in [-0.39, 0.29) is 4.90 Å². The third kappa shape index (κ3) is 2.22. The van der Waals surface area contributed by atoms with Crippen molar-refractivity contribution in [2.45, 2.75) is 11.8 Å². The summed E-state index contributed by atoms with van der Waals surface area (Å²) in [5.41, 5.74) is 2.26. The van der Waals surface area contributed by atoms with E-state index in [1.807, 2.05) is 13.0 Å². The molecule has 0 radical (unpaired) electrons. The van der Waals surface area contributed by atoms with Crippen LogP contribution in [0.15, 0.2) is 59.6 Å². The second-order valence-electron chi connectivity index (χ2n) is 4.85. The van der Waals surface area contributed by atoms with Gasteiger partial charge in [0, 0.05) is 17.1 Å². The topological polar surface area (TPSA) is 39.1 Å². The average Bonchev–Trinajstić information content (AvgIpc) is 2.91. The quantitative estimate of drug-likeness (QED) is 0.681. The second-order valence-corrected chi connectivity index (χ2v) is 6.66. The van der Waals surface area contributed by atoms with Gasteiger partial charge in [-0.1, -0.05) is 29.7 Å². The minimum absolute atomic E-state index is 0.261. The van der Waals surface area contributed by atoms with Crippen LogP contribution in [0.25, 0.3) is 10.9 Å². The number of fused-ring (bicyclic) bond motifs is 1. The Bertz CT molecular complexity index is 958. The molecule has 0 saturated carbocycles. The minimum atomic E-state index is -3.62. The van der Waals surface area contributed by atoms with Gasteiger partial charge in [-0.05, 0) is 37.3 Å². The van der Waals surface area contributed by atoms with Gasteiger partial charge < -0.3 is 0 Å². The predicted octanol–water partition coefficient (Wildman–Crippen LogP) is 3.17. The number of benzene rings is 2. The molecule has 0 unspecified atom stereocenters. The van der Waals surface area contributed by atoms with Gasteiger partial charge in [0.05, 0.1) is 10.4 Å². The first-order valence-corrected chi connectivity index (χ1v) is 7.86. The lowest BCUT2D eigenvalue weighted by molar-refractivity contribution is 0.589. The van der Waals surface area contributed by atoms with Crippen molar-refractivity contribution in [3.8, 4) is 12.3 Å². The summed E-state index contributed by atoms with van der Waals surface area (Å²) < 4.78 is 26.7. The van der Waals surface area contributed by atoms with Gasteiger partial charge in [-0.3, -0.25) is 0 Å². The largest absolute Gasteiger partial charge is 0.268 e. The number of rotatable bonds is 2. The number of hydrogen-bond acceptors (Lipinski definition) is 2. The maximum Gasteiger partial charge on any atom is 0.268 e. The standard InChI is InChI=1S/C17H13NO2S/c1-3-14-6-7-15-10-11-18(17(15)12-14)21(19,20)16-8-4-13(2)5-9-16/h1,4-12H,2H3. The summed E-state index contributed by atoms with van der Waals surface area (Å²) in [6.45, 7) is 1.92. The van der Waals surface area contributed by atoms with E-state index in [1.165, 1.54) is 3.97 Å². The van der Waals surface area contributed by atoms with Crippen LogP contribution in [0.4, 0.5) is 0 Å².